The number of halogens is 1. The van der Waals surface area contributed by atoms with Gasteiger partial charge in [0.05, 0.1) is 0 Å². The third kappa shape index (κ3) is 2.46. The van der Waals surface area contributed by atoms with Crippen LogP contribution >= 0.6 is 11.6 Å². The molecule has 1 saturated carbocycles. The summed E-state index contributed by atoms with van der Waals surface area (Å²) < 4.78 is 0. The number of hydrogen-bond acceptors (Lipinski definition) is 3. The van der Waals surface area contributed by atoms with Gasteiger partial charge < -0.3 is 5.32 Å². The fourth-order valence-electron chi connectivity index (χ4n) is 2.38. The van der Waals surface area contributed by atoms with Crippen LogP contribution in [-0.4, -0.2) is 16.0 Å². The van der Waals surface area contributed by atoms with E-state index in [0.717, 1.165) is 11.5 Å². The van der Waals surface area contributed by atoms with Crippen LogP contribution in [-0.2, 0) is 0 Å². The van der Waals surface area contributed by atoms with Crippen molar-refractivity contribution < 1.29 is 0 Å². The third-order valence-electron chi connectivity index (χ3n) is 3.41. The summed E-state index contributed by atoms with van der Waals surface area (Å²) in [5.41, 5.74) is 1.24. The average Bonchev–Trinajstić information content (AvgIpc) is 2.44. The van der Waals surface area contributed by atoms with Gasteiger partial charge in [-0.2, -0.15) is 0 Å². The van der Waals surface area contributed by atoms with E-state index in [0.29, 0.717) is 16.7 Å². The number of hydrogen-bond donors (Lipinski definition) is 1. The molecule has 1 atom stereocenters. The Morgan fingerprint density at radius 1 is 1.44 bits per heavy atom. The van der Waals surface area contributed by atoms with Crippen molar-refractivity contribution >= 4 is 17.4 Å². The van der Waals surface area contributed by atoms with Gasteiger partial charge >= 0.3 is 0 Å². The summed E-state index contributed by atoms with van der Waals surface area (Å²) in [6.45, 7) is 6.53. The highest BCUT2D eigenvalue weighted by Gasteiger charge is 2.34. The summed E-state index contributed by atoms with van der Waals surface area (Å²) in [6, 6.07) is 2.43. The first-order valence-corrected chi connectivity index (χ1v) is 6.13. The Morgan fingerprint density at radius 3 is 2.75 bits per heavy atom. The first-order chi connectivity index (χ1) is 7.47. The smallest absolute Gasteiger partial charge is 0.224 e. The summed E-state index contributed by atoms with van der Waals surface area (Å²) in [4.78, 5) is 8.27. The predicted molar refractivity (Wildman–Crippen MR) is 66.8 cm³/mol. The lowest BCUT2D eigenvalue weighted by molar-refractivity contribution is 0.349. The lowest BCUT2D eigenvalue weighted by atomic mass is 9.87. The molecule has 16 heavy (non-hydrogen) atoms. The minimum atomic E-state index is 0.318. The van der Waals surface area contributed by atoms with Gasteiger partial charge in [-0.05, 0) is 36.8 Å². The van der Waals surface area contributed by atoms with E-state index in [-0.39, 0.29) is 0 Å². The topological polar surface area (TPSA) is 37.8 Å². The molecule has 0 saturated heterocycles. The minimum Gasteiger partial charge on any atom is -0.367 e. The molecule has 1 unspecified atom stereocenters. The van der Waals surface area contributed by atoms with Gasteiger partial charge in [-0.3, -0.25) is 0 Å². The summed E-state index contributed by atoms with van der Waals surface area (Å²) in [6.07, 6.45) is 3.75. The number of rotatable bonds is 2. The second kappa shape index (κ2) is 4.21. The van der Waals surface area contributed by atoms with E-state index in [1.807, 2.05) is 13.0 Å². The zero-order valence-corrected chi connectivity index (χ0v) is 10.8. The van der Waals surface area contributed by atoms with E-state index < -0.39 is 0 Å². The molecular formula is C12H18ClN3. The molecule has 1 aromatic rings. The lowest BCUT2D eigenvalue weighted by Gasteiger charge is -2.28. The Balaban J connectivity index is 2.14. The van der Waals surface area contributed by atoms with E-state index >= 15 is 0 Å². The predicted octanol–water partition coefficient (Wildman–Crippen LogP) is 3.43. The first-order valence-electron chi connectivity index (χ1n) is 5.75. The summed E-state index contributed by atoms with van der Waals surface area (Å²) in [5.74, 6) is 0.845. The van der Waals surface area contributed by atoms with Crippen LogP contribution in [0.25, 0.3) is 0 Å². The Labute approximate surface area is 102 Å². The molecule has 4 heteroatoms. The summed E-state index contributed by atoms with van der Waals surface area (Å²) in [7, 11) is 0. The maximum absolute atomic E-state index is 5.84. The lowest BCUT2D eigenvalue weighted by Crippen LogP contribution is -2.31. The van der Waals surface area contributed by atoms with Crippen molar-refractivity contribution in [2.24, 2.45) is 5.41 Å². The molecule has 1 N–H and O–H groups in total. The van der Waals surface area contributed by atoms with Crippen LogP contribution in [0.15, 0.2) is 6.07 Å². The van der Waals surface area contributed by atoms with Crippen LogP contribution in [0, 0.1) is 12.3 Å². The number of nitrogens with one attached hydrogen (secondary N) is 1. The van der Waals surface area contributed by atoms with Crippen molar-refractivity contribution in [3.63, 3.8) is 0 Å². The molecular weight excluding hydrogens is 222 g/mol. The monoisotopic (exact) mass is 239 g/mol. The molecule has 88 valence electrons. The van der Waals surface area contributed by atoms with Crippen molar-refractivity contribution in [2.45, 2.75) is 46.1 Å². The van der Waals surface area contributed by atoms with Crippen LogP contribution in [0.3, 0.4) is 0 Å². The highest BCUT2D eigenvalue weighted by atomic mass is 35.5. The molecule has 0 bridgehead atoms. The van der Waals surface area contributed by atoms with Crippen molar-refractivity contribution in [2.75, 3.05) is 5.32 Å². The Bertz CT molecular complexity index is 370. The normalized spacial score (nSPS) is 23.4. The van der Waals surface area contributed by atoms with E-state index in [2.05, 4.69) is 29.1 Å². The molecule has 0 amide bonds. The molecule has 0 spiro atoms. The fourth-order valence-corrected chi connectivity index (χ4v) is 2.60. The van der Waals surface area contributed by atoms with Crippen molar-refractivity contribution in [3.8, 4) is 0 Å². The molecule has 0 aromatic carbocycles. The van der Waals surface area contributed by atoms with Crippen LogP contribution in [0.1, 0.15) is 38.8 Å². The zero-order valence-electron chi connectivity index (χ0n) is 10.0. The molecule has 0 radical (unpaired) electrons. The van der Waals surface area contributed by atoms with Gasteiger partial charge in [0, 0.05) is 17.8 Å². The zero-order chi connectivity index (χ0) is 11.8. The summed E-state index contributed by atoms with van der Waals surface area (Å²) >= 11 is 5.84. The molecule has 1 aromatic heterocycles. The highest BCUT2D eigenvalue weighted by molar-refractivity contribution is 6.28. The molecule has 0 aliphatic heterocycles. The minimum absolute atomic E-state index is 0.318. The van der Waals surface area contributed by atoms with Crippen molar-refractivity contribution in [3.05, 3.63) is 17.0 Å². The molecule has 1 heterocycles. The number of nitrogens with zero attached hydrogens (tertiary/aromatic N) is 2. The van der Waals surface area contributed by atoms with Gasteiger partial charge in [0.1, 0.15) is 5.82 Å². The molecule has 1 fully saturated rings. The maximum Gasteiger partial charge on any atom is 0.224 e. The van der Waals surface area contributed by atoms with Gasteiger partial charge in [0.15, 0.2) is 0 Å². The second-order valence-electron chi connectivity index (χ2n) is 5.24. The van der Waals surface area contributed by atoms with E-state index in [4.69, 9.17) is 11.6 Å². The van der Waals surface area contributed by atoms with Crippen molar-refractivity contribution in [1.29, 1.82) is 0 Å². The van der Waals surface area contributed by atoms with Gasteiger partial charge in [-0.15, -0.1) is 0 Å². The Morgan fingerprint density at radius 2 is 2.19 bits per heavy atom. The quantitative estimate of drug-likeness (QED) is 0.804. The number of aryl methyl sites for hydroxylation is 1. The van der Waals surface area contributed by atoms with Crippen molar-refractivity contribution in [1.82, 2.24) is 9.97 Å². The maximum atomic E-state index is 5.84. The van der Waals surface area contributed by atoms with Gasteiger partial charge in [-0.1, -0.05) is 20.3 Å². The third-order valence-corrected chi connectivity index (χ3v) is 3.58. The molecule has 1 aliphatic carbocycles. The van der Waals surface area contributed by atoms with E-state index in [1.165, 1.54) is 19.3 Å². The van der Waals surface area contributed by atoms with E-state index in [9.17, 15) is 0 Å². The number of aromatic nitrogens is 2. The van der Waals surface area contributed by atoms with Crippen LogP contribution in [0.2, 0.25) is 5.28 Å². The van der Waals surface area contributed by atoms with Crippen LogP contribution < -0.4 is 5.32 Å². The van der Waals surface area contributed by atoms with Gasteiger partial charge in [0.2, 0.25) is 5.28 Å². The highest BCUT2D eigenvalue weighted by Crippen LogP contribution is 2.38. The second-order valence-corrected chi connectivity index (χ2v) is 5.58. The largest absolute Gasteiger partial charge is 0.367 e. The Kier molecular flexibility index (Phi) is 3.06. The molecule has 3 nitrogen and oxygen atoms in total. The molecule has 1 aliphatic rings. The average molecular weight is 240 g/mol. The first kappa shape index (κ1) is 11.6. The van der Waals surface area contributed by atoms with Crippen LogP contribution in [0.4, 0.5) is 5.82 Å². The molecule has 2 rings (SSSR count). The fraction of sp³-hybridized carbons (Fsp3) is 0.667. The Hall–Kier alpha value is -0.830. The van der Waals surface area contributed by atoms with Crippen LogP contribution in [0.5, 0.6) is 0 Å². The summed E-state index contributed by atoms with van der Waals surface area (Å²) in [5, 5.41) is 3.80. The van der Waals surface area contributed by atoms with Gasteiger partial charge in [0.25, 0.3) is 0 Å². The SMILES string of the molecule is Cc1cc(NC2CCCC2(C)C)nc(Cl)n1. The standard InChI is InChI=1S/C12H18ClN3/c1-8-7-10(16-11(13)14-8)15-9-5-4-6-12(9,2)3/h7,9H,4-6H2,1-3H3,(H,14,15,16). The van der Waals surface area contributed by atoms with Gasteiger partial charge in [-0.25, -0.2) is 9.97 Å². The number of anilines is 1. The van der Waals surface area contributed by atoms with E-state index in [1.54, 1.807) is 0 Å².